The molecule has 0 saturated carbocycles. The van der Waals surface area contributed by atoms with Crippen LogP contribution in [0, 0.1) is 0 Å². The van der Waals surface area contributed by atoms with Crippen molar-refractivity contribution >= 4 is 5.91 Å². The first-order valence-electron chi connectivity index (χ1n) is 9.62. The molecule has 2 aliphatic rings. The van der Waals surface area contributed by atoms with Crippen LogP contribution >= 0.6 is 0 Å². The van der Waals surface area contributed by atoms with Gasteiger partial charge in [0.2, 0.25) is 0 Å². The van der Waals surface area contributed by atoms with Gasteiger partial charge in [-0.3, -0.25) is 9.69 Å². The summed E-state index contributed by atoms with van der Waals surface area (Å²) >= 11 is 0. The van der Waals surface area contributed by atoms with E-state index in [0.29, 0.717) is 18.6 Å². The molecule has 2 heterocycles. The van der Waals surface area contributed by atoms with Gasteiger partial charge in [0.05, 0.1) is 0 Å². The van der Waals surface area contributed by atoms with Crippen LogP contribution in [0.25, 0.3) is 0 Å². The Morgan fingerprint density at radius 1 is 0.962 bits per heavy atom. The van der Waals surface area contributed by atoms with Gasteiger partial charge in [-0.05, 0) is 48.9 Å². The number of nitrogens with zero attached hydrogens (tertiary/aromatic N) is 1. The molecule has 0 radical (unpaired) electrons. The lowest BCUT2D eigenvalue weighted by atomic mass is 9.96. The fraction of sp³-hybridized carbons (Fsp3) is 0.409. The summed E-state index contributed by atoms with van der Waals surface area (Å²) < 4.78 is 0. The normalized spacial score (nSPS) is 25.2. The minimum absolute atomic E-state index is 0.0366. The molecular weight excluding hydrogens is 322 g/mol. The van der Waals surface area contributed by atoms with Crippen LogP contribution in [0.3, 0.4) is 0 Å². The van der Waals surface area contributed by atoms with E-state index in [2.05, 4.69) is 40.5 Å². The Morgan fingerprint density at radius 2 is 1.62 bits per heavy atom. The highest BCUT2D eigenvalue weighted by Gasteiger charge is 2.40. The molecule has 0 aliphatic carbocycles. The SMILES string of the molecule is NCc1ccc(C(=O)NC2CC3CCC(C2)N3Cc2ccccc2)cc1. The van der Waals surface area contributed by atoms with Gasteiger partial charge >= 0.3 is 0 Å². The highest BCUT2D eigenvalue weighted by atomic mass is 16.1. The summed E-state index contributed by atoms with van der Waals surface area (Å²) in [6.07, 6.45) is 4.59. The predicted octanol–water partition coefficient (Wildman–Crippen LogP) is 3.07. The Bertz CT molecular complexity index is 730. The van der Waals surface area contributed by atoms with Crippen molar-refractivity contribution in [1.82, 2.24) is 10.2 Å². The highest BCUT2D eigenvalue weighted by molar-refractivity contribution is 5.94. The number of carbonyl (C=O) groups excluding carboxylic acids is 1. The van der Waals surface area contributed by atoms with E-state index in [9.17, 15) is 4.79 Å². The molecule has 2 aromatic carbocycles. The fourth-order valence-corrected chi connectivity index (χ4v) is 4.51. The quantitative estimate of drug-likeness (QED) is 0.872. The highest BCUT2D eigenvalue weighted by Crippen LogP contribution is 2.36. The van der Waals surface area contributed by atoms with Gasteiger partial charge in [0, 0.05) is 36.8 Å². The molecule has 2 atom stereocenters. The minimum Gasteiger partial charge on any atom is -0.349 e. The minimum atomic E-state index is 0.0366. The van der Waals surface area contributed by atoms with Crippen LogP contribution in [0.2, 0.25) is 0 Å². The molecule has 4 nitrogen and oxygen atoms in total. The molecule has 4 heteroatoms. The van der Waals surface area contributed by atoms with E-state index in [1.165, 1.54) is 18.4 Å². The van der Waals surface area contributed by atoms with E-state index in [0.717, 1.165) is 30.5 Å². The van der Waals surface area contributed by atoms with Crippen molar-refractivity contribution < 1.29 is 4.79 Å². The van der Waals surface area contributed by atoms with Crippen molar-refractivity contribution in [1.29, 1.82) is 0 Å². The van der Waals surface area contributed by atoms with Crippen LogP contribution in [-0.2, 0) is 13.1 Å². The molecule has 2 aliphatic heterocycles. The molecule has 2 unspecified atom stereocenters. The van der Waals surface area contributed by atoms with Crippen molar-refractivity contribution in [2.45, 2.75) is 56.9 Å². The number of piperidine rings is 1. The van der Waals surface area contributed by atoms with Gasteiger partial charge < -0.3 is 11.1 Å². The van der Waals surface area contributed by atoms with Gasteiger partial charge in [-0.1, -0.05) is 42.5 Å². The van der Waals surface area contributed by atoms with Crippen LogP contribution < -0.4 is 11.1 Å². The van der Waals surface area contributed by atoms with Crippen LogP contribution in [0.5, 0.6) is 0 Å². The number of benzene rings is 2. The largest absolute Gasteiger partial charge is 0.349 e. The molecule has 0 aromatic heterocycles. The van der Waals surface area contributed by atoms with E-state index in [-0.39, 0.29) is 11.9 Å². The van der Waals surface area contributed by atoms with Crippen LogP contribution in [-0.4, -0.2) is 28.9 Å². The van der Waals surface area contributed by atoms with Crippen molar-refractivity contribution in [3.8, 4) is 0 Å². The standard InChI is InChI=1S/C22H27N3O/c23-14-16-6-8-18(9-7-16)22(26)24-19-12-20-10-11-21(13-19)25(20)15-17-4-2-1-3-5-17/h1-9,19-21H,10-15,23H2,(H,24,26). The molecular formula is C22H27N3O. The van der Waals surface area contributed by atoms with E-state index in [4.69, 9.17) is 5.73 Å². The zero-order valence-electron chi connectivity index (χ0n) is 15.1. The lowest BCUT2D eigenvalue weighted by molar-refractivity contribution is 0.0828. The Hall–Kier alpha value is -2.17. The number of fused-ring (bicyclic) bond motifs is 2. The van der Waals surface area contributed by atoms with E-state index >= 15 is 0 Å². The summed E-state index contributed by atoms with van der Waals surface area (Å²) in [6.45, 7) is 1.53. The summed E-state index contributed by atoms with van der Waals surface area (Å²) in [4.78, 5) is 15.2. The molecule has 0 spiro atoms. The van der Waals surface area contributed by atoms with Crippen molar-refractivity contribution in [2.24, 2.45) is 5.73 Å². The first kappa shape index (κ1) is 17.3. The summed E-state index contributed by atoms with van der Waals surface area (Å²) in [5, 5.41) is 3.26. The monoisotopic (exact) mass is 349 g/mol. The number of rotatable bonds is 5. The molecule has 2 aromatic rings. The van der Waals surface area contributed by atoms with Gasteiger partial charge in [-0.15, -0.1) is 0 Å². The predicted molar refractivity (Wildman–Crippen MR) is 104 cm³/mol. The topological polar surface area (TPSA) is 58.4 Å². The molecule has 2 saturated heterocycles. The van der Waals surface area contributed by atoms with Crippen LogP contribution in [0.1, 0.15) is 47.2 Å². The van der Waals surface area contributed by atoms with Crippen molar-refractivity contribution in [3.05, 3.63) is 71.3 Å². The van der Waals surface area contributed by atoms with Gasteiger partial charge in [0.1, 0.15) is 0 Å². The van der Waals surface area contributed by atoms with E-state index < -0.39 is 0 Å². The lowest BCUT2D eigenvalue weighted by Crippen LogP contribution is -2.49. The van der Waals surface area contributed by atoms with Gasteiger partial charge in [-0.25, -0.2) is 0 Å². The van der Waals surface area contributed by atoms with Crippen molar-refractivity contribution in [2.75, 3.05) is 0 Å². The second-order valence-corrected chi connectivity index (χ2v) is 7.59. The van der Waals surface area contributed by atoms with E-state index in [1.807, 2.05) is 24.3 Å². The molecule has 2 bridgehead atoms. The zero-order chi connectivity index (χ0) is 17.9. The Morgan fingerprint density at radius 3 is 2.23 bits per heavy atom. The van der Waals surface area contributed by atoms with Gasteiger partial charge in [0.25, 0.3) is 5.91 Å². The third kappa shape index (κ3) is 3.67. The number of nitrogens with one attached hydrogen (secondary N) is 1. The Labute approximate surface area is 155 Å². The third-order valence-corrected chi connectivity index (χ3v) is 5.88. The Kier molecular flexibility index (Phi) is 5.05. The summed E-state index contributed by atoms with van der Waals surface area (Å²) in [5.74, 6) is 0.0366. The maximum atomic E-state index is 12.6. The number of hydrogen-bond acceptors (Lipinski definition) is 3. The fourth-order valence-electron chi connectivity index (χ4n) is 4.51. The molecule has 1 amide bonds. The maximum Gasteiger partial charge on any atom is 0.251 e. The summed E-state index contributed by atoms with van der Waals surface area (Å²) in [5.41, 5.74) is 8.78. The third-order valence-electron chi connectivity index (χ3n) is 5.88. The van der Waals surface area contributed by atoms with E-state index in [1.54, 1.807) is 0 Å². The average Bonchev–Trinajstić information content (AvgIpc) is 2.91. The number of amides is 1. The molecule has 26 heavy (non-hydrogen) atoms. The second kappa shape index (κ2) is 7.60. The summed E-state index contributed by atoms with van der Waals surface area (Å²) in [6, 6.07) is 19.8. The first-order valence-corrected chi connectivity index (χ1v) is 9.62. The second-order valence-electron chi connectivity index (χ2n) is 7.59. The van der Waals surface area contributed by atoms with Crippen molar-refractivity contribution in [3.63, 3.8) is 0 Å². The number of carbonyl (C=O) groups is 1. The smallest absolute Gasteiger partial charge is 0.251 e. The molecule has 4 rings (SSSR count). The number of nitrogens with two attached hydrogens (primary N) is 1. The molecule has 136 valence electrons. The van der Waals surface area contributed by atoms with Crippen LogP contribution in [0.4, 0.5) is 0 Å². The van der Waals surface area contributed by atoms with Crippen LogP contribution in [0.15, 0.2) is 54.6 Å². The van der Waals surface area contributed by atoms with Gasteiger partial charge in [-0.2, -0.15) is 0 Å². The van der Waals surface area contributed by atoms with Gasteiger partial charge in [0.15, 0.2) is 0 Å². The lowest BCUT2D eigenvalue weighted by Gasteiger charge is -2.39. The number of hydrogen-bond donors (Lipinski definition) is 2. The molecule has 2 fully saturated rings. The summed E-state index contributed by atoms with van der Waals surface area (Å²) in [7, 11) is 0. The molecule has 3 N–H and O–H groups in total. The maximum absolute atomic E-state index is 12.6. The first-order chi connectivity index (χ1) is 12.7. The average molecular weight is 349 g/mol. The zero-order valence-corrected chi connectivity index (χ0v) is 15.1. The Balaban J connectivity index is 1.36.